The van der Waals surface area contributed by atoms with Gasteiger partial charge in [0.05, 0.1) is 0 Å². The molecule has 0 spiro atoms. The number of ether oxygens (including phenoxy) is 1. The summed E-state index contributed by atoms with van der Waals surface area (Å²) in [6, 6.07) is 0. The SMILES string of the molecule is CCCCCCCCCCCCCCCCCCOC[C]=O. The Labute approximate surface area is 139 Å². The number of rotatable bonds is 19. The first-order valence-electron chi connectivity index (χ1n) is 9.84. The highest BCUT2D eigenvalue weighted by atomic mass is 16.5. The molecule has 0 amide bonds. The summed E-state index contributed by atoms with van der Waals surface area (Å²) in [4.78, 5) is 9.93. The van der Waals surface area contributed by atoms with Crippen molar-refractivity contribution in [1.29, 1.82) is 0 Å². The van der Waals surface area contributed by atoms with Gasteiger partial charge >= 0.3 is 0 Å². The number of carbonyl (C=O) groups excluding carboxylic acids is 1. The minimum Gasteiger partial charge on any atom is -0.373 e. The molecular formula is C20H39O2. The van der Waals surface area contributed by atoms with E-state index in [1.165, 1.54) is 96.3 Å². The molecule has 22 heavy (non-hydrogen) atoms. The predicted octanol–water partition coefficient (Wildman–Crippen LogP) is 6.37. The zero-order valence-corrected chi connectivity index (χ0v) is 15.0. The van der Waals surface area contributed by atoms with Gasteiger partial charge in [-0.25, -0.2) is 0 Å². The van der Waals surface area contributed by atoms with Crippen molar-refractivity contribution in [2.75, 3.05) is 13.2 Å². The normalized spacial score (nSPS) is 11.0. The molecule has 0 heterocycles. The van der Waals surface area contributed by atoms with Gasteiger partial charge in [0.25, 0.3) is 0 Å². The lowest BCUT2D eigenvalue weighted by atomic mass is 10.0. The summed E-state index contributed by atoms with van der Waals surface area (Å²) in [5.41, 5.74) is 0. The molecule has 0 aromatic heterocycles. The quantitative estimate of drug-likeness (QED) is 0.259. The monoisotopic (exact) mass is 311 g/mol. The van der Waals surface area contributed by atoms with E-state index < -0.39 is 0 Å². The molecule has 0 aromatic rings. The first-order valence-corrected chi connectivity index (χ1v) is 9.84. The fourth-order valence-corrected chi connectivity index (χ4v) is 2.87. The summed E-state index contributed by atoms with van der Waals surface area (Å²) in [5, 5.41) is 0. The fraction of sp³-hybridized carbons (Fsp3) is 0.950. The van der Waals surface area contributed by atoms with E-state index in [9.17, 15) is 4.79 Å². The van der Waals surface area contributed by atoms with Crippen LogP contribution in [0.1, 0.15) is 110 Å². The highest BCUT2D eigenvalue weighted by molar-refractivity contribution is 5.51. The van der Waals surface area contributed by atoms with Gasteiger partial charge in [-0.05, 0) is 6.42 Å². The van der Waals surface area contributed by atoms with E-state index in [1.54, 1.807) is 6.29 Å². The maximum Gasteiger partial charge on any atom is 0.226 e. The third kappa shape index (κ3) is 19.6. The van der Waals surface area contributed by atoms with E-state index in [4.69, 9.17) is 4.74 Å². The van der Waals surface area contributed by atoms with Crippen LogP contribution in [0.4, 0.5) is 0 Å². The summed E-state index contributed by atoms with van der Waals surface area (Å²) >= 11 is 0. The Kier molecular flexibility index (Phi) is 20.3. The largest absolute Gasteiger partial charge is 0.373 e. The first-order chi connectivity index (χ1) is 10.9. The topological polar surface area (TPSA) is 26.3 Å². The van der Waals surface area contributed by atoms with Gasteiger partial charge in [-0.15, -0.1) is 0 Å². The van der Waals surface area contributed by atoms with E-state index in [2.05, 4.69) is 6.92 Å². The molecular weight excluding hydrogens is 272 g/mol. The molecule has 0 bridgehead atoms. The Balaban J connectivity index is 2.92. The third-order valence-electron chi connectivity index (χ3n) is 4.30. The number of hydrogen-bond donors (Lipinski definition) is 0. The smallest absolute Gasteiger partial charge is 0.226 e. The van der Waals surface area contributed by atoms with Crippen molar-refractivity contribution in [2.45, 2.75) is 110 Å². The van der Waals surface area contributed by atoms with Crippen LogP contribution in [0.3, 0.4) is 0 Å². The minimum atomic E-state index is 0.138. The molecule has 2 heteroatoms. The third-order valence-corrected chi connectivity index (χ3v) is 4.30. The molecule has 0 aliphatic heterocycles. The highest BCUT2D eigenvalue weighted by Gasteiger charge is 1.94. The molecule has 0 rings (SSSR count). The van der Waals surface area contributed by atoms with E-state index in [-0.39, 0.29) is 6.61 Å². The van der Waals surface area contributed by atoms with Crippen LogP contribution in [0.2, 0.25) is 0 Å². The van der Waals surface area contributed by atoms with Crippen molar-refractivity contribution in [1.82, 2.24) is 0 Å². The molecule has 0 saturated heterocycles. The summed E-state index contributed by atoms with van der Waals surface area (Å²) < 4.78 is 5.08. The van der Waals surface area contributed by atoms with Crippen LogP contribution >= 0.6 is 0 Å². The first kappa shape index (κ1) is 21.6. The van der Waals surface area contributed by atoms with E-state index in [0.29, 0.717) is 6.61 Å². The summed E-state index contributed by atoms with van der Waals surface area (Å²) in [5.74, 6) is 0. The second kappa shape index (κ2) is 20.6. The Morgan fingerprint density at radius 2 is 0.955 bits per heavy atom. The van der Waals surface area contributed by atoms with Gasteiger partial charge in [0, 0.05) is 6.61 Å². The fourth-order valence-electron chi connectivity index (χ4n) is 2.87. The van der Waals surface area contributed by atoms with Gasteiger partial charge in [0.15, 0.2) is 0 Å². The number of unbranched alkanes of at least 4 members (excludes halogenated alkanes) is 15. The van der Waals surface area contributed by atoms with E-state index in [0.717, 1.165) is 6.42 Å². The Bertz CT molecular complexity index is 204. The molecule has 0 saturated carbocycles. The van der Waals surface area contributed by atoms with Gasteiger partial charge < -0.3 is 4.74 Å². The Morgan fingerprint density at radius 3 is 1.32 bits per heavy atom. The highest BCUT2D eigenvalue weighted by Crippen LogP contribution is 2.13. The van der Waals surface area contributed by atoms with Crippen molar-refractivity contribution >= 4 is 6.29 Å². The second-order valence-electron chi connectivity index (χ2n) is 6.50. The van der Waals surface area contributed by atoms with Crippen molar-refractivity contribution in [3.05, 3.63) is 0 Å². The van der Waals surface area contributed by atoms with Gasteiger partial charge in [0.2, 0.25) is 6.29 Å². The molecule has 0 aliphatic rings. The molecule has 0 unspecified atom stereocenters. The maximum absolute atomic E-state index is 9.93. The lowest BCUT2D eigenvalue weighted by Crippen LogP contribution is -1.97. The van der Waals surface area contributed by atoms with Crippen LogP contribution in [-0.2, 0) is 9.53 Å². The molecule has 131 valence electrons. The van der Waals surface area contributed by atoms with Gasteiger partial charge in [0.1, 0.15) is 6.61 Å². The summed E-state index contributed by atoms with van der Waals surface area (Å²) in [6.07, 6.45) is 23.9. The molecule has 0 fully saturated rings. The van der Waals surface area contributed by atoms with Gasteiger partial charge in [-0.1, -0.05) is 103 Å². The number of hydrogen-bond acceptors (Lipinski definition) is 2. The summed E-state index contributed by atoms with van der Waals surface area (Å²) in [6.45, 7) is 3.13. The van der Waals surface area contributed by atoms with Crippen molar-refractivity contribution in [3.8, 4) is 0 Å². The van der Waals surface area contributed by atoms with Crippen molar-refractivity contribution < 1.29 is 9.53 Å². The van der Waals surface area contributed by atoms with E-state index in [1.807, 2.05) is 0 Å². The second-order valence-corrected chi connectivity index (χ2v) is 6.50. The van der Waals surface area contributed by atoms with Crippen LogP contribution < -0.4 is 0 Å². The Hall–Kier alpha value is -0.370. The van der Waals surface area contributed by atoms with Crippen LogP contribution in [0, 0.1) is 0 Å². The lowest BCUT2D eigenvalue weighted by molar-refractivity contribution is 0.164. The zero-order chi connectivity index (χ0) is 16.1. The minimum absolute atomic E-state index is 0.138. The standard InChI is InChI=1S/C20H39O2/c1-2-3-4-5-6-7-8-9-10-11-12-13-14-15-16-17-19-22-20-18-21/h2-17,19-20H2,1H3. The average molecular weight is 312 g/mol. The van der Waals surface area contributed by atoms with Crippen LogP contribution in [0.5, 0.6) is 0 Å². The lowest BCUT2D eigenvalue weighted by Gasteiger charge is -2.03. The van der Waals surface area contributed by atoms with Crippen molar-refractivity contribution in [2.24, 2.45) is 0 Å². The molecule has 1 radical (unpaired) electrons. The van der Waals surface area contributed by atoms with Crippen molar-refractivity contribution in [3.63, 3.8) is 0 Å². The molecule has 0 atom stereocenters. The van der Waals surface area contributed by atoms with Crippen LogP contribution in [0.15, 0.2) is 0 Å². The summed E-state index contributed by atoms with van der Waals surface area (Å²) in [7, 11) is 0. The predicted molar refractivity (Wildman–Crippen MR) is 96.1 cm³/mol. The molecule has 0 N–H and O–H groups in total. The average Bonchev–Trinajstić information content (AvgIpc) is 2.54. The van der Waals surface area contributed by atoms with Gasteiger partial charge in [-0.3, -0.25) is 4.79 Å². The molecule has 0 aliphatic carbocycles. The Morgan fingerprint density at radius 1 is 0.591 bits per heavy atom. The zero-order valence-electron chi connectivity index (χ0n) is 15.0. The maximum atomic E-state index is 9.93. The molecule has 2 nitrogen and oxygen atoms in total. The van der Waals surface area contributed by atoms with Gasteiger partial charge in [-0.2, -0.15) is 0 Å². The van der Waals surface area contributed by atoms with Crippen LogP contribution in [0.25, 0.3) is 0 Å². The molecule has 0 aromatic carbocycles. The van der Waals surface area contributed by atoms with E-state index >= 15 is 0 Å². The van der Waals surface area contributed by atoms with Crippen LogP contribution in [-0.4, -0.2) is 19.5 Å².